The average Bonchev–Trinajstić information content (AvgIpc) is 2.37. The van der Waals surface area contributed by atoms with Crippen LogP contribution in [0.3, 0.4) is 0 Å². The summed E-state index contributed by atoms with van der Waals surface area (Å²) in [4.78, 5) is 11.8. The second-order valence-corrected chi connectivity index (χ2v) is 7.55. The first-order valence-corrected chi connectivity index (χ1v) is 9.09. The van der Waals surface area contributed by atoms with Crippen LogP contribution in [0.5, 0.6) is 0 Å². The molecule has 0 radical (unpaired) electrons. The summed E-state index contributed by atoms with van der Waals surface area (Å²) >= 11 is 3.25. The molecule has 2 N–H and O–H groups in total. The minimum Gasteiger partial charge on any atom is -0.354 e. The van der Waals surface area contributed by atoms with Crippen LogP contribution in [-0.4, -0.2) is 26.9 Å². The van der Waals surface area contributed by atoms with Crippen LogP contribution >= 0.6 is 15.9 Å². The Hall–Kier alpha value is -0.920. The average molecular weight is 377 g/mol. The van der Waals surface area contributed by atoms with Crippen LogP contribution in [0.15, 0.2) is 27.6 Å². The summed E-state index contributed by atoms with van der Waals surface area (Å²) < 4.78 is 27.3. The number of hydrogen-bond acceptors (Lipinski definition) is 3. The molecule has 1 aromatic carbocycles. The van der Waals surface area contributed by atoms with Gasteiger partial charge in [-0.2, -0.15) is 0 Å². The monoisotopic (exact) mass is 376 g/mol. The predicted molar refractivity (Wildman–Crippen MR) is 86.6 cm³/mol. The highest BCUT2D eigenvalue weighted by Crippen LogP contribution is 2.22. The second-order valence-electron chi connectivity index (χ2n) is 4.96. The number of aryl methyl sites for hydroxylation is 1. The number of nitrogens with one attached hydrogen (secondary N) is 2. The Bertz CT molecular complexity index is 602. The highest BCUT2D eigenvalue weighted by Gasteiger charge is 2.17. The first kappa shape index (κ1) is 18.1. The summed E-state index contributed by atoms with van der Waals surface area (Å²) in [6.45, 7) is 5.84. The number of halogens is 1. The van der Waals surface area contributed by atoms with Gasteiger partial charge in [-0.3, -0.25) is 4.79 Å². The first-order valence-electron chi connectivity index (χ1n) is 6.81. The van der Waals surface area contributed by atoms with Gasteiger partial charge in [-0.1, -0.05) is 13.0 Å². The molecule has 0 saturated heterocycles. The molecule has 1 rings (SSSR count). The Balaban J connectivity index is 2.60. The fraction of sp³-hybridized carbons (Fsp3) is 0.500. The van der Waals surface area contributed by atoms with Crippen molar-refractivity contribution in [1.29, 1.82) is 0 Å². The lowest BCUT2D eigenvalue weighted by Crippen LogP contribution is -2.35. The predicted octanol–water partition coefficient (Wildman–Crippen LogP) is 2.34. The minimum atomic E-state index is -3.61. The number of amides is 1. The summed E-state index contributed by atoms with van der Waals surface area (Å²) in [6.07, 6.45) is 0.959. The molecule has 0 spiro atoms. The first-order chi connectivity index (χ1) is 9.76. The zero-order valence-electron chi connectivity index (χ0n) is 12.4. The van der Waals surface area contributed by atoms with Crippen molar-refractivity contribution < 1.29 is 13.2 Å². The van der Waals surface area contributed by atoms with Gasteiger partial charge in [-0.25, -0.2) is 13.1 Å². The summed E-state index contributed by atoms with van der Waals surface area (Å²) in [5.74, 6) is -0.157. The molecule has 5 nitrogen and oxygen atoms in total. The van der Waals surface area contributed by atoms with Crippen LogP contribution in [0, 0.1) is 6.92 Å². The summed E-state index contributed by atoms with van der Waals surface area (Å²) in [6, 6.07) is 5.11. The Morgan fingerprint density at radius 3 is 2.62 bits per heavy atom. The highest BCUT2D eigenvalue weighted by molar-refractivity contribution is 9.10. The molecule has 1 aromatic rings. The maximum atomic E-state index is 12.2. The molecule has 0 heterocycles. The Morgan fingerprint density at radius 1 is 1.38 bits per heavy atom. The van der Waals surface area contributed by atoms with Crippen molar-refractivity contribution >= 4 is 31.9 Å². The van der Waals surface area contributed by atoms with Gasteiger partial charge >= 0.3 is 0 Å². The zero-order chi connectivity index (χ0) is 16.0. The third-order valence-corrected chi connectivity index (χ3v) is 5.48. The Labute approximate surface area is 134 Å². The van der Waals surface area contributed by atoms with E-state index in [0.717, 1.165) is 12.0 Å². The van der Waals surface area contributed by atoms with Crippen molar-refractivity contribution in [2.45, 2.75) is 44.6 Å². The van der Waals surface area contributed by atoms with E-state index < -0.39 is 10.0 Å². The number of hydrogen-bond donors (Lipinski definition) is 2. The van der Waals surface area contributed by atoms with Gasteiger partial charge in [0, 0.05) is 23.5 Å². The smallest absolute Gasteiger partial charge is 0.241 e. The van der Waals surface area contributed by atoms with Gasteiger partial charge in [0.2, 0.25) is 15.9 Å². The molecule has 21 heavy (non-hydrogen) atoms. The Kier molecular flexibility index (Phi) is 6.83. The van der Waals surface area contributed by atoms with E-state index in [1.807, 2.05) is 20.8 Å². The van der Waals surface area contributed by atoms with E-state index in [1.54, 1.807) is 18.2 Å². The molecule has 7 heteroatoms. The zero-order valence-corrected chi connectivity index (χ0v) is 14.8. The lowest BCUT2D eigenvalue weighted by atomic mass is 10.2. The number of carbonyl (C=O) groups is 1. The van der Waals surface area contributed by atoms with Gasteiger partial charge in [0.1, 0.15) is 0 Å². The maximum absolute atomic E-state index is 12.2. The summed E-state index contributed by atoms with van der Waals surface area (Å²) in [5.41, 5.74) is 0.966. The molecule has 1 amide bonds. The third kappa shape index (κ3) is 5.76. The van der Waals surface area contributed by atoms with Crippen molar-refractivity contribution in [3.05, 3.63) is 28.2 Å². The normalized spacial score (nSPS) is 13.0. The molecular formula is C14H21BrN2O3S. The van der Waals surface area contributed by atoms with E-state index in [4.69, 9.17) is 0 Å². The molecule has 0 saturated carbocycles. The molecule has 1 atom stereocenters. The molecule has 0 aliphatic rings. The number of carbonyl (C=O) groups excluding carboxylic acids is 1. The highest BCUT2D eigenvalue weighted by atomic mass is 79.9. The van der Waals surface area contributed by atoms with Gasteiger partial charge in [0.05, 0.1) is 4.90 Å². The quantitative estimate of drug-likeness (QED) is 0.766. The van der Waals surface area contributed by atoms with E-state index >= 15 is 0 Å². The van der Waals surface area contributed by atoms with Crippen molar-refractivity contribution in [3.63, 3.8) is 0 Å². The number of rotatable bonds is 7. The maximum Gasteiger partial charge on any atom is 0.241 e. The molecule has 0 aliphatic heterocycles. The van der Waals surface area contributed by atoms with Gasteiger partial charge in [0.25, 0.3) is 0 Å². The van der Waals surface area contributed by atoms with Gasteiger partial charge in [-0.05, 0) is 53.9 Å². The molecule has 0 aromatic heterocycles. The fourth-order valence-electron chi connectivity index (χ4n) is 1.65. The van der Waals surface area contributed by atoms with E-state index in [2.05, 4.69) is 26.0 Å². The van der Waals surface area contributed by atoms with Crippen molar-refractivity contribution in [3.8, 4) is 0 Å². The van der Waals surface area contributed by atoms with Crippen LogP contribution in [-0.2, 0) is 14.8 Å². The van der Waals surface area contributed by atoms with Gasteiger partial charge < -0.3 is 5.32 Å². The lowest BCUT2D eigenvalue weighted by molar-refractivity contribution is -0.121. The van der Waals surface area contributed by atoms with E-state index in [0.29, 0.717) is 4.47 Å². The fourth-order valence-corrected chi connectivity index (χ4v) is 3.87. The largest absolute Gasteiger partial charge is 0.354 e. The van der Waals surface area contributed by atoms with Crippen LogP contribution in [0.4, 0.5) is 0 Å². The standard InChI is InChI=1S/C14H21BrN2O3S/c1-4-11(3)17-14(18)7-8-16-21(19,20)13-6-5-10(2)9-12(13)15/h5-6,9,11,16H,4,7-8H2,1-3H3,(H,17,18). The molecule has 0 fully saturated rings. The molecule has 118 valence electrons. The lowest BCUT2D eigenvalue weighted by Gasteiger charge is -2.12. The van der Waals surface area contributed by atoms with Crippen molar-refractivity contribution in [2.24, 2.45) is 0 Å². The van der Waals surface area contributed by atoms with E-state index in [9.17, 15) is 13.2 Å². The van der Waals surface area contributed by atoms with Crippen LogP contribution in [0.2, 0.25) is 0 Å². The van der Waals surface area contributed by atoms with Crippen molar-refractivity contribution in [1.82, 2.24) is 10.0 Å². The number of sulfonamides is 1. The van der Waals surface area contributed by atoms with Gasteiger partial charge in [-0.15, -0.1) is 0 Å². The molecular weight excluding hydrogens is 356 g/mol. The second kappa shape index (κ2) is 7.91. The Morgan fingerprint density at radius 2 is 2.05 bits per heavy atom. The van der Waals surface area contributed by atoms with E-state index in [-0.39, 0.29) is 29.8 Å². The summed E-state index contributed by atoms with van der Waals surface area (Å²) in [5, 5.41) is 2.79. The minimum absolute atomic E-state index is 0.0743. The third-order valence-electron chi connectivity index (χ3n) is 3.04. The topological polar surface area (TPSA) is 75.3 Å². The van der Waals surface area contributed by atoms with Crippen LogP contribution in [0.25, 0.3) is 0 Å². The molecule has 1 unspecified atom stereocenters. The van der Waals surface area contributed by atoms with Gasteiger partial charge in [0.15, 0.2) is 0 Å². The van der Waals surface area contributed by atoms with Crippen LogP contribution < -0.4 is 10.0 Å². The summed E-state index contributed by atoms with van der Waals surface area (Å²) in [7, 11) is -3.61. The van der Waals surface area contributed by atoms with Crippen molar-refractivity contribution in [2.75, 3.05) is 6.54 Å². The van der Waals surface area contributed by atoms with Crippen LogP contribution in [0.1, 0.15) is 32.3 Å². The molecule has 0 bridgehead atoms. The van der Waals surface area contributed by atoms with E-state index in [1.165, 1.54) is 0 Å². The number of benzene rings is 1. The SMILES string of the molecule is CCC(C)NC(=O)CCNS(=O)(=O)c1ccc(C)cc1Br. The molecule has 0 aliphatic carbocycles.